The van der Waals surface area contributed by atoms with Crippen LogP contribution in [0.5, 0.6) is 0 Å². The third-order valence-electron chi connectivity index (χ3n) is 3.12. The molecule has 21 heavy (non-hydrogen) atoms. The average molecular weight is 335 g/mol. The molecule has 10 heteroatoms. The van der Waals surface area contributed by atoms with Gasteiger partial charge in [-0.15, -0.1) is 0 Å². The highest BCUT2D eigenvalue weighted by Gasteiger charge is 2.32. The second-order valence-electron chi connectivity index (χ2n) is 4.52. The number of sulfonamides is 1. The summed E-state index contributed by atoms with van der Waals surface area (Å²) in [6.45, 7) is 4.48. The Bertz CT molecular complexity index is 670. The van der Waals surface area contributed by atoms with Gasteiger partial charge in [-0.3, -0.25) is 4.79 Å². The molecule has 1 aliphatic heterocycles. The lowest BCUT2D eigenvalue weighted by Crippen LogP contribution is -2.50. The van der Waals surface area contributed by atoms with E-state index in [1.165, 1.54) is 9.21 Å². The molecule has 0 aromatic carbocycles. The van der Waals surface area contributed by atoms with E-state index in [0.29, 0.717) is 17.0 Å². The first-order chi connectivity index (χ1) is 9.86. The van der Waals surface area contributed by atoms with Crippen molar-refractivity contribution in [3.05, 3.63) is 15.4 Å². The van der Waals surface area contributed by atoms with Crippen molar-refractivity contribution in [3.8, 4) is 0 Å². The lowest BCUT2D eigenvalue weighted by Gasteiger charge is -2.32. The number of carbonyl (C=O) groups excluding carboxylic acids is 1. The van der Waals surface area contributed by atoms with E-state index in [4.69, 9.17) is 4.74 Å². The van der Waals surface area contributed by atoms with Crippen molar-refractivity contribution in [2.75, 3.05) is 32.8 Å². The third kappa shape index (κ3) is 3.27. The Kier molecular flexibility index (Phi) is 4.69. The van der Waals surface area contributed by atoms with Gasteiger partial charge >= 0.3 is 11.0 Å². The summed E-state index contributed by atoms with van der Waals surface area (Å²) in [6.07, 6.45) is -0.433. The summed E-state index contributed by atoms with van der Waals surface area (Å²) in [6, 6.07) is 0. The summed E-state index contributed by atoms with van der Waals surface area (Å²) < 4.78 is 31.1. The second kappa shape index (κ2) is 6.16. The van der Waals surface area contributed by atoms with Crippen molar-refractivity contribution in [2.45, 2.75) is 18.1 Å². The van der Waals surface area contributed by atoms with Crippen molar-refractivity contribution in [1.82, 2.24) is 14.2 Å². The number of hydrogen-bond acceptors (Lipinski definition) is 6. The predicted octanol–water partition coefficient (Wildman–Crippen LogP) is 0.208. The Morgan fingerprint density at radius 3 is 2.43 bits per heavy atom. The average Bonchev–Trinajstić information content (AvgIpc) is 2.79. The highest BCUT2D eigenvalue weighted by Crippen LogP contribution is 2.22. The normalized spacial score (nSPS) is 17.0. The van der Waals surface area contributed by atoms with Gasteiger partial charge in [-0.25, -0.2) is 13.2 Å². The van der Waals surface area contributed by atoms with Crippen LogP contribution in [0.1, 0.15) is 12.6 Å². The van der Waals surface area contributed by atoms with Crippen LogP contribution in [0, 0.1) is 6.92 Å². The molecule has 0 aliphatic carbocycles. The summed E-state index contributed by atoms with van der Waals surface area (Å²) in [7, 11) is -3.69. The molecular weight excluding hydrogens is 318 g/mol. The number of piperazine rings is 1. The number of carbonyl (C=O) groups is 1. The zero-order valence-corrected chi connectivity index (χ0v) is 13.4. The van der Waals surface area contributed by atoms with Crippen molar-refractivity contribution < 1.29 is 17.9 Å². The molecule has 118 valence electrons. The topological polar surface area (TPSA) is 99.8 Å². The fourth-order valence-electron chi connectivity index (χ4n) is 2.08. The molecule has 8 nitrogen and oxygen atoms in total. The number of rotatable bonds is 3. The Balaban J connectivity index is 2.10. The Morgan fingerprint density at radius 2 is 1.95 bits per heavy atom. The van der Waals surface area contributed by atoms with Gasteiger partial charge in [0.25, 0.3) is 10.0 Å². The molecule has 1 amide bonds. The fourth-order valence-corrected chi connectivity index (χ4v) is 4.94. The van der Waals surface area contributed by atoms with Crippen molar-refractivity contribution >= 4 is 27.5 Å². The number of aryl methyl sites for hydroxylation is 1. The number of aromatic amines is 1. The van der Waals surface area contributed by atoms with E-state index < -0.39 is 21.0 Å². The molecule has 1 saturated heterocycles. The number of hydrogen-bond donors (Lipinski definition) is 1. The molecule has 0 spiro atoms. The number of ether oxygens (including phenoxy) is 1. The summed E-state index contributed by atoms with van der Waals surface area (Å²) in [5, 5.41) is 0. The van der Waals surface area contributed by atoms with Crippen LogP contribution >= 0.6 is 11.3 Å². The van der Waals surface area contributed by atoms with Crippen LogP contribution in [0.2, 0.25) is 0 Å². The van der Waals surface area contributed by atoms with Crippen molar-refractivity contribution in [3.63, 3.8) is 0 Å². The molecule has 1 N–H and O–H groups in total. The van der Waals surface area contributed by atoms with E-state index in [1.807, 2.05) is 0 Å². The first-order valence-electron chi connectivity index (χ1n) is 6.47. The number of H-pyrrole nitrogens is 1. The minimum atomic E-state index is -3.69. The first kappa shape index (κ1) is 16.0. The number of amides is 1. The van der Waals surface area contributed by atoms with Crippen LogP contribution in [0.15, 0.2) is 9.00 Å². The molecule has 0 radical (unpaired) electrons. The number of thiazole rings is 1. The van der Waals surface area contributed by atoms with Crippen LogP contribution in [0.25, 0.3) is 0 Å². The maximum atomic E-state index is 12.5. The largest absolute Gasteiger partial charge is 0.450 e. The molecule has 1 aromatic rings. The molecule has 0 saturated carbocycles. The Labute approximate surface area is 126 Å². The minimum absolute atomic E-state index is 0.0390. The van der Waals surface area contributed by atoms with Gasteiger partial charge in [0.2, 0.25) is 0 Å². The van der Waals surface area contributed by atoms with E-state index in [2.05, 4.69) is 4.98 Å². The van der Waals surface area contributed by atoms with Gasteiger partial charge in [0.1, 0.15) is 0 Å². The van der Waals surface area contributed by atoms with Crippen LogP contribution in [0.4, 0.5) is 4.79 Å². The predicted molar refractivity (Wildman–Crippen MR) is 77.0 cm³/mol. The molecule has 0 atom stereocenters. The van der Waals surface area contributed by atoms with Crippen molar-refractivity contribution in [2.24, 2.45) is 0 Å². The van der Waals surface area contributed by atoms with E-state index in [9.17, 15) is 18.0 Å². The van der Waals surface area contributed by atoms with E-state index in [0.717, 1.165) is 0 Å². The van der Waals surface area contributed by atoms with Gasteiger partial charge in [0, 0.05) is 31.9 Å². The number of aromatic nitrogens is 1. The molecule has 1 fully saturated rings. The molecule has 0 unspecified atom stereocenters. The highest BCUT2D eigenvalue weighted by atomic mass is 32.2. The van der Waals surface area contributed by atoms with Gasteiger partial charge in [0.05, 0.1) is 6.61 Å². The van der Waals surface area contributed by atoms with E-state index >= 15 is 0 Å². The molecular formula is C11H17N3O5S2. The maximum absolute atomic E-state index is 12.5. The molecule has 2 rings (SSSR count). The lowest BCUT2D eigenvalue weighted by atomic mass is 10.4. The minimum Gasteiger partial charge on any atom is -0.450 e. The highest BCUT2D eigenvalue weighted by molar-refractivity contribution is 7.91. The van der Waals surface area contributed by atoms with Crippen LogP contribution < -0.4 is 4.87 Å². The number of nitrogens with zero attached hydrogens (tertiary/aromatic N) is 2. The zero-order valence-electron chi connectivity index (χ0n) is 11.8. The Morgan fingerprint density at radius 1 is 1.33 bits per heavy atom. The molecule has 2 heterocycles. The lowest BCUT2D eigenvalue weighted by molar-refractivity contribution is 0.0934. The maximum Gasteiger partial charge on any atom is 0.409 e. The smallest absolute Gasteiger partial charge is 0.409 e. The quantitative estimate of drug-likeness (QED) is 0.851. The zero-order chi connectivity index (χ0) is 15.6. The summed E-state index contributed by atoms with van der Waals surface area (Å²) in [5.74, 6) is 0. The van der Waals surface area contributed by atoms with Crippen LogP contribution in [-0.4, -0.2) is 61.5 Å². The fraction of sp³-hybridized carbons (Fsp3) is 0.636. The first-order valence-corrected chi connectivity index (χ1v) is 8.73. The summed E-state index contributed by atoms with van der Waals surface area (Å²) >= 11 is 0.684. The standard InChI is InChI=1S/C11H17N3O5S2/c1-3-19-11(16)13-4-6-14(7-5-13)21(17,18)9-8(2)12-10(15)20-9/h3-7H2,1-2H3,(H,12,15). The van der Waals surface area contributed by atoms with Gasteiger partial charge in [0.15, 0.2) is 4.21 Å². The third-order valence-corrected chi connectivity index (χ3v) is 6.60. The van der Waals surface area contributed by atoms with Gasteiger partial charge in [-0.1, -0.05) is 11.3 Å². The second-order valence-corrected chi connectivity index (χ2v) is 7.63. The monoisotopic (exact) mass is 335 g/mol. The van der Waals surface area contributed by atoms with Crippen LogP contribution in [-0.2, 0) is 14.8 Å². The van der Waals surface area contributed by atoms with Crippen molar-refractivity contribution in [1.29, 1.82) is 0 Å². The summed E-state index contributed by atoms with van der Waals surface area (Å²) in [4.78, 5) is 26.4. The van der Waals surface area contributed by atoms with Gasteiger partial charge in [-0.05, 0) is 13.8 Å². The van der Waals surface area contributed by atoms with E-state index in [1.54, 1.807) is 13.8 Å². The molecule has 0 bridgehead atoms. The van der Waals surface area contributed by atoms with E-state index in [-0.39, 0.29) is 37.0 Å². The van der Waals surface area contributed by atoms with Gasteiger partial charge in [-0.2, -0.15) is 4.31 Å². The Hall–Kier alpha value is -1.39. The van der Waals surface area contributed by atoms with Crippen LogP contribution in [0.3, 0.4) is 0 Å². The molecule has 1 aromatic heterocycles. The summed E-state index contributed by atoms with van der Waals surface area (Å²) in [5.41, 5.74) is 0.345. The molecule has 1 aliphatic rings. The number of nitrogens with one attached hydrogen (secondary N) is 1. The van der Waals surface area contributed by atoms with Gasteiger partial charge < -0.3 is 14.6 Å². The SMILES string of the molecule is CCOC(=O)N1CCN(S(=O)(=O)c2sc(=O)[nH]c2C)CC1.